The molecule has 2 heterocycles. The van der Waals surface area contributed by atoms with Crippen LogP contribution >= 0.6 is 15.9 Å². The van der Waals surface area contributed by atoms with E-state index >= 15 is 0 Å². The van der Waals surface area contributed by atoms with E-state index < -0.39 is 0 Å². The van der Waals surface area contributed by atoms with Crippen molar-refractivity contribution in [3.8, 4) is 0 Å². The number of aromatic nitrogens is 1. The fourth-order valence-corrected chi connectivity index (χ4v) is 2.86. The Morgan fingerprint density at radius 2 is 2.25 bits per heavy atom. The largest absolute Gasteiger partial charge is 0.311 e. The van der Waals surface area contributed by atoms with Crippen LogP contribution in [-0.2, 0) is 6.42 Å². The molecule has 0 amide bonds. The van der Waals surface area contributed by atoms with Crippen LogP contribution in [0.3, 0.4) is 0 Å². The molecule has 0 saturated carbocycles. The summed E-state index contributed by atoms with van der Waals surface area (Å²) in [7, 11) is 0. The summed E-state index contributed by atoms with van der Waals surface area (Å²) in [6.07, 6.45) is 10.2. The van der Waals surface area contributed by atoms with Crippen molar-refractivity contribution in [2.45, 2.75) is 44.6 Å². The number of rotatable bonds is 2. The molecule has 0 bridgehead atoms. The Kier molecular flexibility index (Phi) is 3.98. The Morgan fingerprint density at radius 1 is 1.38 bits per heavy atom. The molecular weight excluding hydrogens is 264 g/mol. The fraction of sp³-hybridized carbons (Fsp3) is 0.615. The Balaban J connectivity index is 2.06. The molecule has 0 aromatic carbocycles. The van der Waals surface area contributed by atoms with E-state index in [1.54, 1.807) is 0 Å². The van der Waals surface area contributed by atoms with E-state index in [0.29, 0.717) is 0 Å². The molecule has 0 aliphatic carbocycles. The summed E-state index contributed by atoms with van der Waals surface area (Å²) in [5.74, 6) is 0. The van der Waals surface area contributed by atoms with Crippen molar-refractivity contribution < 1.29 is 0 Å². The number of nitrogens with zero attached hydrogens (tertiary/aromatic N) is 1. The minimum absolute atomic E-state index is 0.249. The van der Waals surface area contributed by atoms with E-state index in [4.69, 9.17) is 0 Å². The van der Waals surface area contributed by atoms with Crippen molar-refractivity contribution in [2.24, 2.45) is 0 Å². The summed E-state index contributed by atoms with van der Waals surface area (Å²) in [4.78, 5) is 4.23. The highest BCUT2D eigenvalue weighted by Crippen LogP contribution is 2.23. The van der Waals surface area contributed by atoms with E-state index in [2.05, 4.69) is 39.2 Å². The lowest BCUT2D eigenvalue weighted by molar-refractivity contribution is 0.345. The number of hydrogen-bond donors (Lipinski definition) is 1. The predicted molar refractivity (Wildman–Crippen MR) is 70.5 cm³/mol. The molecule has 1 unspecified atom stereocenters. The van der Waals surface area contributed by atoms with E-state index in [1.807, 2.05) is 12.4 Å². The van der Waals surface area contributed by atoms with Crippen molar-refractivity contribution in [1.82, 2.24) is 10.3 Å². The summed E-state index contributed by atoms with van der Waals surface area (Å²) in [5, 5.41) is 3.68. The van der Waals surface area contributed by atoms with Crippen molar-refractivity contribution in [3.63, 3.8) is 0 Å². The smallest absolute Gasteiger partial charge is 0.0410 e. The van der Waals surface area contributed by atoms with E-state index in [9.17, 15) is 0 Å². The van der Waals surface area contributed by atoms with Gasteiger partial charge in [0.05, 0.1) is 0 Å². The minimum Gasteiger partial charge on any atom is -0.311 e. The van der Waals surface area contributed by atoms with Gasteiger partial charge in [-0.2, -0.15) is 0 Å². The maximum Gasteiger partial charge on any atom is 0.0410 e. The van der Waals surface area contributed by atoms with Crippen LogP contribution in [0.15, 0.2) is 22.9 Å². The maximum atomic E-state index is 4.23. The number of pyridine rings is 1. The van der Waals surface area contributed by atoms with Crippen LogP contribution < -0.4 is 5.32 Å². The standard InChI is InChI=1S/C13H19BrN2/c1-13(5-3-2-4-6-16-13)8-11-7-12(14)10-15-9-11/h7,9-10,16H,2-6,8H2,1H3. The van der Waals surface area contributed by atoms with Gasteiger partial charge >= 0.3 is 0 Å². The molecule has 2 nitrogen and oxygen atoms in total. The van der Waals surface area contributed by atoms with E-state index in [1.165, 1.54) is 31.2 Å². The lowest BCUT2D eigenvalue weighted by atomic mass is 9.89. The molecule has 2 rings (SSSR count). The van der Waals surface area contributed by atoms with Gasteiger partial charge in [0.25, 0.3) is 0 Å². The molecule has 16 heavy (non-hydrogen) atoms. The summed E-state index contributed by atoms with van der Waals surface area (Å²) in [6.45, 7) is 3.48. The van der Waals surface area contributed by atoms with Crippen molar-refractivity contribution >= 4 is 15.9 Å². The molecule has 1 N–H and O–H groups in total. The van der Waals surface area contributed by atoms with Gasteiger partial charge in [0.2, 0.25) is 0 Å². The molecule has 0 spiro atoms. The highest BCUT2D eigenvalue weighted by atomic mass is 79.9. The molecule has 1 aromatic heterocycles. The van der Waals surface area contributed by atoms with Gasteiger partial charge in [-0.15, -0.1) is 0 Å². The zero-order chi connectivity index (χ0) is 11.4. The van der Waals surface area contributed by atoms with Crippen molar-refractivity contribution in [1.29, 1.82) is 0 Å². The Labute approximate surface area is 106 Å². The third-order valence-corrected chi connectivity index (χ3v) is 3.75. The SMILES string of the molecule is CC1(Cc2cncc(Br)c2)CCCCCN1. The maximum absolute atomic E-state index is 4.23. The lowest BCUT2D eigenvalue weighted by Gasteiger charge is -2.29. The Bertz CT molecular complexity index is 344. The van der Waals surface area contributed by atoms with Crippen LogP contribution in [0.2, 0.25) is 0 Å². The van der Waals surface area contributed by atoms with Crippen LogP contribution in [0.5, 0.6) is 0 Å². The second kappa shape index (κ2) is 5.28. The Hall–Kier alpha value is -0.410. The second-order valence-electron chi connectivity index (χ2n) is 4.99. The van der Waals surface area contributed by atoms with Crippen LogP contribution in [0.4, 0.5) is 0 Å². The summed E-state index contributed by atoms with van der Waals surface area (Å²) in [5.41, 5.74) is 1.56. The highest BCUT2D eigenvalue weighted by molar-refractivity contribution is 9.10. The average molecular weight is 283 g/mol. The van der Waals surface area contributed by atoms with E-state index in [0.717, 1.165) is 17.4 Å². The molecule has 1 saturated heterocycles. The molecule has 1 aromatic rings. The highest BCUT2D eigenvalue weighted by Gasteiger charge is 2.25. The third kappa shape index (κ3) is 3.29. The van der Waals surface area contributed by atoms with Crippen LogP contribution in [0.1, 0.15) is 38.2 Å². The monoisotopic (exact) mass is 282 g/mol. The Morgan fingerprint density at radius 3 is 3.06 bits per heavy atom. The second-order valence-corrected chi connectivity index (χ2v) is 5.90. The summed E-state index contributed by atoms with van der Waals surface area (Å²) in [6, 6.07) is 2.17. The van der Waals surface area contributed by atoms with Crippen molar-refractivity contribution in [2.75, 3.05) is 6.54 Å². The van der Waals surface area contributed by atoms with Crippen LogP contribution in [0.25, 0.3) is 0 Å². The van der Waals surface area contributed by atoms with Gasteiger partial charge in [-0.3, -0.25) is 4.98 Å². The number of halogens is 1. The third-order valence-electron chi connectivity index (χ3n) is 3.31. The first-order valence-corrected chi connectivity index (χ1v) is 6.82. The van der Waals surface area contributed by atoms with Gasteiger partial charge in [0.15, 0.2) is 0 Å². The van der Waals surface area contributed by atoms with Gasteiger partial charge in [0, 0.05) is 22.4 Å². The average Bonchev–Trinajstić information content (AvgIpc) is 2.43. The molecule has 1 fully saturated rings. The molecule has 3 heteroatoms. The van der Waals surface area contributed by atoms with Gasteiger partial charge in [-0.25, -0.2) is 0 Å². The first-order valence-electron chi connectivity index (χ1n) is 6.02. The van der Waals surface area contributed by atoms with Gasteiger partial charge in [-0.1, -0.05) is 12.8 Å². The van der Waals surface area contributed by atoms with Gasteiger partial charge < -0.3 is 5.32 Å². The number of hydrogen-bond acceptors (Lipinski definition) is 2. The number of nitrogens with one attached hydrogen (secondary N) is 1. The topological polar surface area (TPSA) is 24.9 Å². The van der Waals surface area contributed by atoms with E-state index in [-0.39, 0.29) is 5.54 Å². The normalized spacial score (nSPS) is 26.4. The minimum atomic E-state index is 0.249. The molecule has 0 radical (unpaired) electrons. The fourth-order valence-electron chi connectivity index (χ4n) is 2.45. The van der Waals surface area contributed by atoms with Crippen LogP contribution in [0, 0.1) is 0 Å². The molecule has 1 atom stereocenters. The summed E-state index contributed by atoms with van der Waals surface area (Å²) >= 11 is 3.48. The first-order chi connectivity index (χ1) is 7.68. The zero-order valence-corrected chi connectivity index (χ0v) is 11.4. The molecule has 1 aliphatic heterocycles. The zero-order valence-electron chi connectivity index (χ0n) is 9.80. The molecule has 88 valence electrons. The molecular formula is C13H19BrN2. The quantitative estimate of drug-likeness (QED) is 0.900. The molecule has 1 aliphatic rings. The van der Waals surface area contributed by atoms with Crippen molar-refractivity contribution in [3.05, 3.63) is 28.5 Å². The van der Waals surface area contributed by atoms with Gasteiger partial charge in [0.1, 0.15) is 0 Å². The van der Waals surface area contributed by atoms with Gasteiger partial charge in [-0.05, 0) is 60.3 Å². The summed E-state index contributed by atoms with van der Waals surface area (Å²) < 4.78 is 1.07. The lowest BCUT2D eigenvalue weighted by Crippen LogP contribution is -2.43. The predicted octanol–water partition coefficient (Wildman–Crippen LogP) is 3.31. The first kappa shape index (κ1) is 12.1. The van der Waals surface area contributed by atoms with Crippen LogP contribution in [-0.4, -0.2) is 17.1 Å².